The predicted octanol–water partition coefficient (Wildman–Crippen LogP) is 4.38. The molecule has 1 aromatic heterocycles. The second-order valence-corrected chi connectivity index (χ2v) is 10.3. The Morgan fingerprint density at radius 1 is 0.941 bits per heavy atom. The van der Waals surface area contributed by atoms with Gasteiger partial charge in [-0.25, -0.2) is 0 Å². The Bertz CT molecular complexity index is 1180. The minimum Gasteiger partial charge on any atom is -0.338 e. The number of piperazine rings is 1. The number of thiophene rings is 1. The van der Waals surface area contributed by atoms with Crippen molar-refractivity contribution in [1.82, 2.24) is 14.7 Å². The molecule has 5 nitrogen and oxygen atoms in total. The first-order valence-corrected chi connectivity index (χ1v) is 12.9. The number of fused-ring (bicyclic) bond motifs is 1. The maximum atomic E-state index is 13.5. The molecule has 0 saturated carbocycles. The fourth-order valence-corrected chi connectivity index (χ4v) is 6.21. The molecule has 6 heteroatoms. The molecule has 176 valence electrons. The van der Waals surface area contributed by atoms with Crippen molar-refractivity contribution < 1.29 is 9.59 Å². The molecule has 0 radical (unpaired) electrons. The Hall–Kier alpha value is -2.96. The van der Waals surface area contributed by atoms with E-state index in [2.05, 4.69) is 47.5 Å². The molecule has 0 spiro atoms. The van der Waals surface area contributed by atoms with Crippen molar-refractivity contribution in [1.29, 1.82) is 0 Å². The molecular weight excluding hydrogens is 442 g/mol. The third-order valence-corrected chi connectivity index (χ3v) is 8.15. The van der Waals surface area contributed by atoms with Crippen LogP contribution in [0.2, 0.25) is 0 Å². The molecule has 1 fully saturated rings. The largest absolute Gasteiger partial charge is 0.338 e. The number of amides is 2. The van der Waals surface area contributed by atoms with Crippen molar-refractivity contribution in [3.8, 4) is 0 Å². The zero-order chi connectivity index (χ0) is 23.7. The summed E-state index contributed by atoms with van der Waals surface area (Å²) in [5.41, 5.74) is 4.58. The van der Waals surface area contributed by atoms with E-state index in [0.29, 0.717) is 31.7 Å². The van der Waals surface area contributed by atoms with E-state index < -0.39 is 0 Å². The summed E-state index contributed by atoms with van der Waals surface area (Å²) in [6.45, 7) is 7.18. The lowest BCUT2D eigenvalue weighted by atomic mass is 9.90. The third kappa shape index (κ3) is 4.40. The average molecular weight is 474 g/mol. The number of carbonyl (C=O) groups is 2. The first-order chi connectivity index (χ1) is 16.5. The maximum Gasteiger partial charge on any atom is 0.254 e. The van der Waals surface area contributed by atoms with Gasteiger partial charge in [-0.15, -0.1) is 11.3 Å². The average Bonchev–Trinajstić information content (AvgIpc) is 3.33. The lowest BCUT2D eigenvalue weighted by Crippen LogP contribution is -2.57. The van der Waals surface area contributed by atoms with Gasteiger partial charge in [0, 0.05) is 42.7 Å². The number of hydrogen-bond donors (Lipinski definition) is 0. The standard InChI is InChI=1S/C28H31N3O2S/c1-20-8-6-7-11-23(20)27-24-13-17-34-25(24)12-14-30(27)19-26(32)29-15-16-31(21(2)18-29)28(33)22-9-4-3-5-10-22/h3-11,13,17,21,27H,12,14-16,18-19H2,1-2H3/t21-,27+/m0/s1. The maximum absolute atomic E-state index is 13.5. The van der Waals surface area contributed by atoms with Crippen LogP contribution in [0, 0.1) is 6.92 Å². The Morgan fingerprint density at radius 3 is 2.47 bits per heavy atom. The molecule has 2 aromatic carbocycles. The van der Waals surface area contributed by atoms with Gasteiger partial charge in [-0.05, 0) is 60.5 Å². The molecule has 2 atom stereocenters. The third-order valence-electron chi connectivity index (χ3n) is 7.15. The van der Waals surface area contributed by atoms with Crippen molar-refractivity contribution >= 4 is 23.2 Å². The Labute approximate surface area is 205 Å². The van der Waals surface area contributed by atoms with Crippen LogP contribution in [0.4, 0.5) is 0 Å². The summed E-state index contributed by atoms with van der Waals surface area (Å²) in [4.78, 5) is 34.0. The van der Waals surface area contributed by atoms with Crippen molar-refractivity contribution in [2.45, 2.75) is 32.4 Å². The summed E-state index contributed by atoms with van der Waals surface area (Å²) in [6, 6.07) is 20.2. The number of aryl methyl sites for hydroxylation is 1. The lowest BCUT2D eigenvalue weighted by molar-refractivity contribution is -0.135. The molecule has 34 heavy (non-hydrogen) atoms. The molecule has 0 unspecified atom stereocenters. The fourth-order valence-electron chi connectivity index (χ4n) is 5.30. The van der Waals surface area contributed by atoms with Crippen molar-refractivity contribution in [2.75, 3.05) is 32.7 Å². The van der Waals surface area contributed by atoms with Crippen LogP contribution < -0.4 is 0 Å². The number of benzene rings is 2. The van der Waals surface area contributed by atoms with Gasteiger partial charge in [0.1, 0.15) is 0 Å². The van der Waals surface area contributed by atoms with E-state index in [-0.39, 0.29) is 23.9 Å². The van der Waals surface area contributed by atoms with Gasteiger partial charge in [0.15, 0.2) is 0 Å². The highest BCUT2D eigenvalue weighted by Crippen LogP contribution is 2.38. The Balaban J connectivity index is 1.29. The molecule has 3 aromatic rings. The second-order valence-electron chi connectivity index (χ2n) is 9.33. The Morgan fingerprint density at radius 2 is 1.71 bits per heavy atom. The lowest BCUT2D eigenvalue weighted by Gasteiger charge is -2.42. The highest BCUT2D eigenvalue weighted by Gasteiger charge is 2.35. The van der Waals surface area contributed by atoms with Gasteiger partial charge >= 0.3 is 0 Å². The van der Waals surface area contributed by atoms with Crippen molar-refractivity contribution in [2.24, 2.45) is 0 Å². The molecule has 0 bridgehead atoms. The van der Waals surface area contributed by atoms with Gasteiger partial charge in [-0.1, -0.05) is 42.5 Å². The van der Waals surface area contributed by atoms with Gasteiger partial charge in [-0.2, -0.15) is 0 Å². The van der Waals surface area contributed by atoms with E-state index in [1.165, 1.54) is 21.6 Å². The number of carbonyl (C=O) groups excluding carboxylic acids is 2. The van der Waals surface area contributed by atoms with Gasteiger partial charge in [-0.3, -0.25) is 14.5 Å². The fraction of sp³-hybridized carbons (Fsp3) is 0.357. The van der Waals surface area contributed by atoms with E-state index in [1.54, 1.807) is 0 Å². The van der Waals surface area contributed by atoms with Gasteiger partial charge in [0.05, 0.1) is 12.6 Å². The van der Waals surface area contributed by atoms with E-state index >= 15 is 0 Å². The number of hydrogen-bond acceptors (Lipinski definition) is 4. The van der Waals surface area contributed by atoms with Gasteiger partial charge < -0.3 is 9.80 Å². The van der Waals surface area contributed by atoms with Gasteiger partial charge in [0.25, 0.3) is 5.91 Å². The number of rotatable bonds is 4. The topological polar surface area (TPSA) is 43.9 Å². The zero-order valence-electron chi connectivity index (χ0n) is 19.8. The van der Waals surface area contributed by atoms with Crippen molar-refractivity contribution in [3.63, 3.8) is 0 Å². The summed E-state index contributed by atoms with van der Waals surface area (Å²) in [5, 5.41) is 2.17. The minimum atomic E-state index is -0.0117. The van der Waals surface area contributed by atoms with Crippen LogP contribution in [0.15, 0.2) is 66.0 Å². The molecule has 2 amide bonds. The summed E-state index contributed by atoms with van der Waals surface area (Å²) < 4.78 is 0. The first-order valence-electron chi connectivity index (χ1n) is 12.0. The monoisotopic (exact) mass is 473 g/mol. The van der Waals surface area contributed by atoms with E-state index in [9.17, 15) is 9.59 Å². The summed E-state index contributed by atoms with van der Waals surface area (Å²) >= 11 is 1.82. The van der Waals surface area contributed by atoms with E-state index in [1.807, 2.05) is 58.4 Å². The molecule has 3 heterocycles. The normalized spacial score (nSPS) is 20.8. The first kappa shape index (κ1) is 22.8. The van der Waals surface area contributed by atoms with Crippen LogP contribution in [-0.2, 0) is 11.2 Å². The molecule has 2 aliphatic rings. The van der Waals surface area contributed by atoms with E-state index in [0.717, 1.165) is 13.0 Å². The highest BCUT2D eigenvalue weighted by molar-refractivity contribution is 7.10. The smallest absolute Gasteiger partial charge is 0.254 e. The van der Waals surface area contributed by atoms with Crippen LogP contribution in [0.25, 0.3) is 0 Å². The van der Waals surface area contributed by atoms with Crippen LogP contribution in [0.5, 0.6) is 0 Å². The van der Waals surface area contributed by atoms with Gasteiger partial charge in [0.2, 0.25) is 5.91 Å². The molecule has 5 rings (SSSR count). The summed E-state index contributed by atoms with van der Waals surface area (Å²) in [6.07, 6.45) is 0.985. The highest BCUT2D eigenvalue weighted by atomic mass is 32.1. The van der Waals surface area contributed by atoms with Crippen LogP contribution in [0.3, 0.4) is 0 Å². The van der Waals surface area contributed by atoms with Crippen molar-refractivity contribution in [3.05, 3.63) is 93.2 Å². The summed E-state index contributed by atoms with van der Waals surface area (Å²) in [7, 11) is 0. The Kier molecular flexibility index (Phi) is 6.53. The van der Waals surface area contributed by atoms with Crippen LogP contribution in [-0.4, -0.2) is 65.3 Å². The number of nitrogens with zero attached hydrogens (tertiary/aromatic N) is 3. The quantitative estimate of drug-likeness (QED) is 0.565. The molecular formula is C28H31N3O2S. The van der Waals surface area contributed by atoms with E-state index in [4.69, 9.17) is 0 Å². The van der Waals surface area contributed by atoms with Crippen LogP contribution >= 0.6 is 11.3 Å². The SMILES string of the molecule is Cc1ccccc1[C@@H]1c2ccsc2CCN1CC(=O)N1CCN(C(=O)c2ccccc2)[C@@H](C)C1. The molecule has 0 N–H and O–H groups in total. The zero-order valence-corrected chi connectivity index (χ0v) is 20.6. The minimum absolute atomic E-state index is 0.0117. The van der Waals surface area contributed by atoms with Crippen LogP contribution in [0.1, 0.15) is 44.9 Å². The predicted molar refractivity (Wildman–Crippen MR) is 136 cm³/mol. The summed E-state index contributed by atoms with van der Waals surface area (Å²) in [5.74, 6) is 0.191. The molecule has 0 aliphatic carbocycles. The molecule has 2 aliphatic heterocycles. The second kappa shape index (κ2) is 9.72. The molecule has 1 saturated heterocycles.